The van der Waals surface area contributed by atoms with E-state index in [1.807, 2.05) is 6.07 Å². The lowest BCUT2D eigenvalue weighted by Crippen LogP contribution is -2.28. The van der Waals surface area contributed by atoms with E-state index in [1.54, 1.807) is 7.11 Å². The summed E-state index contributed by atoms with van der Waals surface area (Å²) in [6, 6.07) is 2.32. The number of nitrogens with one attached hydrogen (secondary N) is 1. The van der Waals surface area contributed by atoms with Gasteiger partial charge in [-0.1, -0.05) is 0 Å². The molecule has 0 saturated carbocycles. The predicted octanol–water partition coefficient (Wildman–Crippen LogP) is 1.36. The molecule has 0 fully saturated rings. The zero-order valence-electron chi connectivity index (χ0n) is 9.78. The highest BCUT2D eigenvalue weighted by molar-refractivity contribution is 7.06. The summed E-state index contributed by atoms with van der Waals surface area (Å²) < 4.78 is 9.22. The van der Waals surface area contributed by atoms with E-state index in [4.69, 9.17) is 4.74 Å². The smallest absolute Gasteiger partial charge is 0.225 e. The zero-order valence-corrected chi connectivity index (χ0v) is 10.6. The van der Waals surface area contributed by atoms with Gasteiger partial charge < -0.3 is 15.0 Å². The molecule has 4 nitrogen and oxygen atoms in total. The van der Waals surface area contributed by atoms with E-state index in [2.05, 4.69) is 35.6 Å². The Balaban J connectivity index is 2.36. The van der Waals surface area contributed by atoms with Crippen LogP contribution in [0, 0.1) is 0 Å². The van der Waals surface area contributed by atoms with Gasteiger partial charge in [0.1, 0.15) is 0 Å². The molecule has 0 amide bonds. The number of aromatic nitrogens is 1. The van der Waals surface area contributed by atoms with Crippen LogP contribution in [-0.2, 0) is 0 Å². The second kappa shape index (κ2) is 6.05. The highest BCUT2D eigenvalue weighted by atomic mass is 32.1. The first kappa shape index (κ1) is 12.4. The van der Waals surface area contributed by atoms with E-state index >= 15 is 0 Å². The monoisotopic (exact) mass is 229 g/mol. The van der Waals surface area contributed by atoms with E-state index in [1.165, 1.54) is 16.4 Å². The van der Waals surface area contributed by atoms with E-state index in [0.717, 1.165) is 13.1 Å². The van der Waals surface area contributed by atoms with Gasteiger partial charge in [0.15, 0.2) is 0 Å². The second-order valence-electron chi connectivity index (χ2n) is 3.75. The van der Waals surface area contributed by atoms with Crippen LogP contribution in [0.2, 0.25) is 0 Å². The van der Waals surface area contributed by atoms with Crippen LogP contribution in [0.15, 0.2) is 6.07 Å². The fraction of sp³-hybridized carbons (Fsp3) is 0.700. The number of hydrogen-bond acceptors (Lipinski definition) is 5. The molecule has 0 spiro atoms. The van der Waals surface area contributed by atoms with Crippen LogP contribution < -0.4 is 10.1 Å². The lowest BCUT2D eigenvalue weighted by Gasteiger charge is -2.14. The molecule has 1 unspecified atom stereocenters. The first-order chi connectivity index (χ1) is 7.13. The van der Waals surface area contributed by atoms with Gasteiger partial charge in [0.2, 0.25) is 5.88 Å². The minimum absolute atomic E-state index is 0.339. The van der Waals surface area contributed by atoms with Crippen molar-refractivity contribution in [1.82, 2.24) is 14.6 Å². The summed E-state index contributed by atoms with van der Waals surface area (Å²) in [6.45, 7) is 4.16. The summed E-state index contributed by atoms with van der Waals surface area (Å²) in [5.41, 5.74) is 0. The lowest BCUT2D eigenvalue weighted by molar-refractivity contribution is 0.389. The van der Waals surface area contributed by atoms with Crippen molar-refractivity contribution in [2.75, 3.05) is 34.3 Å². The summed E-state index contributed by atoms with van der Waals surface area (Å²) in [5.74, 6) is 0.705. The molecule has 15 heavy (non-hydrogen) atoms. The van der Waals surface area contributed by atoms with Crippen molar-refractivity contribution in [3.8, 4) is 5.88 Å². The Morgan fingerprint density at radius 3 is 2.87 bits per heavy atom. The molecule has 5 heteroatoms. The molecular weight excluding hydrogens is 210 g/mol. The van der Waals surface area contributed by atoms with Gasteiger partial charge >= 0.3 is 0 Å². The Morgan fingerprint density at radius 2 is 2.33 bits per heavy atom. The molecule has 1 aromatic heterocycles. The largest absolute Gasteiger partial charge is 0.480 e. The summed E-state index contributed by atoms with van der Waals surface area (Å²) in [4.78, 5) is 3.37. The molecule has 0 radical (unpaired) electrons. The predicted molar refractivity (Wildman–Crippen MR) is 63.6 cm³/mol. The number of rotatable bonds is 6. The average Bonchev–Trinajstić information content (AvgIpc) is 2.65. The first-order valence-electron chi connectivity index (χ1n) is 5.02. The first-order valence-corrected chi connectivity index (χ1v) is 5.79. The molecule has 0 aliphatic heterocycles. The van der Waals surface area contributed by atoms with Crippen LogP contribution in [0.25, 0.3) is 0 Å². The Kier molecular flexibility index (Phi) is 5.01. The number of ether oxygens (including phenoxy) is 1. The molecule has 1 aromatic rings. The molecular formula is C10H19N3OS. The van der Waals surface area contributed by atoms with Crippen molar-refractivity contribution in [1.29, 1.82) is 0 Å². The molecule has 0 aliphatic carbocycles. The van der Waals surface area contributed by atoms with Crippen LogP contribution in [-0.4, -0.2) is 43.6 Å². The van der Waals surface area contributed by atoms with Crippen molar-refractivity contribution in [3.05, 3.63) is 10.9 Å². The third-order valence-corrected chi connectivity index (χ3v) is 3.11. The maximum absolute atomic E-state index is 5.05. The minimum atomic E-state index is 0.339. The Hall–Kier alpha value is -0.650. The quantitative estimate of drug-likeness (QED) is 0.799. The molecule has 1 N–H and O–H groups in total. The fourth-order valence-electron chi connectivity index (χ4n) is 1.18. The Bertz CT molecular complexity index is 288. The van der Waals surface area contributed by atoms with Crippen LogP contribution in [0.5, 0.6) is 5.88 Å². The van der Waals surface area contributed by atoms with Gasteiger partial charge in [0.25, 0.3) is 0 Å². The Morgan fingerprint density at radius 1 is 1.60 bits per heavy atom. The summed E-state index contributed by atoms with van der Waals surface area (Å²) in [7, 11) is 5.78. The molecule has 0 saturated heterocycles. The summed E-state index contributed by atoms with van der Waals surface area (Å²) in [6.07, 6.45) is 0. The highest BCUT2D eigenvalue weighted by Gasteiger charge is 2.09. The van der Waals surface area contributed by atoms with Crippen LogP contribution >= 0.6 is 11.5 Å². The highest BCUT2D eigenvalue weighted by Crippen LogP contribution is 2.22. The molecule has 0 bridgehead atoms. The van der Waals surface area contributed by atoms with Crippen molar-refractivity contribution in [2.45, 2.75) is 13.0 Å². The van der Waals surface area contributed by atoms with Crippen LogP contribution in [0.4, 0.5) is 0 Å². The van der Waals surface area contributed by atoms with Crippen LogP contribution in [0.1, 0.15) is 17.8 Å². The van der Waals surface area contributed by atoms with E-state index in [9.17, 15) is 0 Å². The minimum Gasteiger partial charge on any atom is -0.480 e. The van der Waals surface area contributed by atoms with Crippen LogP contribution in [0.3, 0.4) is 0 Å². The molecule has 0 aromatic carbocycles. The fourth-order valence-corrected chi connectivity index (χ4v) is 1.90. The number of nitrogens with zero attached hydrogens (tertiary/aromatic N) is 2. The summed E-state index contributed by atoms with van der Waals surface area (Å²) in [5, 5.41) is 3.44. The van der Waals surface area contributed by atoms with Gasteiger partial charge in [-0.15, -0.1) is 0 Å². The molecule has 86 valence electrons. The topological polar surface area (TPSA) is 37.4 Å². The maximum Gasteiger partial charge on any atom is 0.225 e. The van der Waals surface area contributed by atoms with Gasteiger partial charge in [-0.3, -0.25) is 0 Å². The third-order valence-electron chi connectivity index (χ3n) is 2.15. The Labute approximate surface area is 95.4 Å². The van der Waals surface area contributed by atoms with Gasteiger partial charge in [-0.25, -0.2) is 0 Å². The third kappa shape index (κ3) is 4.15. The van der Waals surface area contributed by atoms with Crippen molar-refractivity contribution in [2.24, 2.45) is 0 Å². The number of hydrogen-bond donors (Lipinski definition) is 1. The summed E-state index contributed by atoms with van der Waals surface area (Å²) >= 11 is 1.49. The molecule has 1 heterocycles. The zero-order chi connectivity index (χ0) is 11.3. The van der Waals surface area contributed by atoms with Gasteiger partial charge in [-0.2, -0.15) is 4.37 Å². The van der Waals surface area contributed by atoms with E-state index in [-0.39, 0.29) is 0 Å². The van der Waals surface area contributed by atoms with E-state index in [0.29, 0.717) is 11.9 Å². The van der Waals surface area contributed by atoms with E-state index < -0.39 is 0 Å². The second-order valence-corrected chi connectivity index (χ2v) is 4.59. The van der Waals surface area contributed by atoms with Crippen molar-refractivity contribution in [3.63, 3.8) is 0 Å². The van der Waals surface area contributed by atoms with Gasteiger partial charge in [0, 0.05) is 30.1 Å². The van der Waals surface area contributed by atoms with Crippen molar-refractivity contribution >= 4 is 11.5 Å². The standard InChI is InChI=1S/C10H19N3OS/c1-8(11-5-6-13(2)3)9-7-10(14-4)12-15-9/h7-8,11H,5-6H2,1-4H3. The average molecular weight is 229 g/mol. The normalized spacial score (nSPS) is 13.1. The molecule has 0 aliphatic rings. The van der Waals surface area contributed by atoms with Crippen molar-refractivity contribution < 1.29 is 4.74 Å². The lowest BCUT2D eigenvalue weighted by atomic mass is 10.3. The number of likely N-dealkylation sites (N-methyl/N-ethyl adjacent to an activating group) is 1. The molecule has 1 rings (SSSR count). The SMILES string of the molecule is COc1cc(C(C)NCCN(C)C)sn1. The van der Waals surface area contributed by atoms with Gasteiger partial charge in [0.05, 0.1) is 7.11 Å². The molecule has 1 atom stereocenters. The van der Waals surface area contributed by atoms with Gasteiger partial charge in [-0.05, 0) is 32.6 Å². The number of methoxy groups -OCH3 is 1. The maximum atomic E-state index is 5.05.